The Balaban J connectivity index is 2.27. The van der Waals surface area contributed by atoms with Crippen LogP contribution in [0.4, 0.5) is 5.00 Å². The maximum atomic E-state index is 12.3. The van der Waals surface area contributed by atoms with E-state index in [2.05, 4.69) is 10.4 Å². The molecule has 0 spiro atoms. The molecule has 2 aromatic rings. The molecule has 0 bridgehead atoms. The third-order valence-corrected chi connectivity index (χ3v) is 4.43. The topological polar surface area (TPSA) is 111 Å². The van der Waals surface area contributed by atoms with E-state index in [9.17, 15) is 14.4 Å². The van der Waals surface area contributed by atoms with Gasteiger partial charge in [-0.15, -0.1) is 11.3 Å². The van der Waals surface area contributed by atoms with Gasteiger partial charge in [0.2, 0.25) is 0 Å². The fraction of sp³-hybridized carbons (Fsp3) is 0.333. The third-order valence-electron chi connectivity index (χ3n) is 3.37. The molecule has 0 saturated heterocycles. The lowest BCUT2D eigenvalue weighted by Crippen LogP contribution is -2.14. The number of hydrogen-bond donors (Lipinski definition) is 2. The van der Waals surface area contributed by atoms with Crippen LogP contribution in [0.2, 0.25) is 0 Å². The number of carbonyl (C=O) groups is 3. The molecule has 0 unspecified atom stereocenters. The maximum Gasteiger partial charge on any atom is 0.341 e. The molecule has 0 aliphatic rings. The van der Waals surface area contributed by atoms with Gasteiger partial charge >= 0.3 is 11.9 Å². The van der Waals surface area contributed by atoms with Crippen LogP contribution in [0, 0.1) is 6.92 Å². The second kappa shape index (κ2) is 7.26. The largest absolute Gasteiger partial charge is 0.480 e. The second-order valence-corrected chi connectivity index (χ2v) is 6.19. The number of thiophene rings is 1. The van der Waals surface area contributed by atoms with Gasteiger partial charge in [0, 0.05) is 11.1 Å². The molecule has 9 heteroatoms. The number of anilines is 1. The number of methoxy groups -OCH3 is 1. The SMILES string of the molecule is CCc1c(C)sc(NC(=O)c2cnn(CC(=O)O)c2)c1C(=O)OC. The van der Waals surface area contributed by atoms with Crippen LogP contribution in [-0.2, 0) is 22.5 Å². The van der Waals surface area contributed by atoms with Crippen molar-refractivity contribution in [3.05, 3.63) is 34.0 Å². The summed E-state index contributed by atoms with van der Waals surface area (Å²) < 4.78 is 5.95. The number of hydrogen-bond acceptors (Lipinski definition) is 6. The number of nitrogens with one attached hydrogen (secondary N) is 1. The summed E-state index contributed by atoms with van der Waals surface area (Å²) in [7, 11) is 1.29. The lowest BCUT2D eigenvalue weighted by molar-refractivity contribution is -0.137. The van der Waals surface area contributed by atoms with Crippen molar-refractivity contribution in [1.82, 2.24) is 9.78 Å². The molecule has 8 nitrogen and oxygen atoms in total. The van der Waals surface area contributed by atoms with Crippen LogP contribution in [-0.4, -0.2) is 39.8 Å². The van der Waals surface area contributed by atoms with E-state index in [1.54, 1.807) is 0 Å². The number of nitrogens with zero attached hydrogens (tertiary/aromatic N) is 2. The van der Waals surface area contributed by atoms with E-state index in [0.717, 1.165) is 15.1 Å². The third kappa shape index (κ3) is 3.62. The van der Waals surface area contributed by atoms with Gasteiger partial charge in [0.25, 0.3) is 5.91 Å². The van der Waals surface area contributed by atoms with Crippen molar-refractivity contribution in [2.45, 2.75) is 26.8 Å². The van der Waals surface area contributed by atoms with Crippen LogP contribution in [0.15, 0.2) is 12.4 Å². The minimum atomic E-state index is -1.06. The molecule has 0 atom stereocenters. The van der Waals surface area contributed by atoms with Crippen LogP contribution in [0.5, 0.6) is 0 Å². The molecule has 128 valence electrons. The average molecular weight is 351 g/mol. The molecular formula is C15H17N3O5S. The highest BCUT2D eigenvalue weighted by atomic mass is 32.1. The van der Waals surface area contributed by atoms with Crippen LogP contribution in [0.3, 0.4) is 0 Å². The summed E-state index contributed by atoms with van der Waals surface area (Å²) in [6, 6.07) is 0. The molecule has 2 N–H and O–H groups in total. The van der Waals surface area contributed by atoms with Crippen molar-refractivity contribution in [2.24, 2.45) is 0 Å². The van der Waals surface area contributed by atoms with E-state index in [4.69, 9.17) is 9.84 Å². The Labute approximate surface area is 142 Å². The zero-order chi connectivity index (χ0) is 17.9. The van der Waals surface area contributed by atoms with Crippen molar-refractivity contribution in [1.29, 1.82) is 0 Å². The predicted octanol–water partition coefficient (Wildman–Crippen LogP) is 1.94. The molecule has 2 aromatic heterocycles. The summed E-state index contributed by atoms with van der Waals surface area (Å²) in [5.74, 6) is -2.03. The number of amides is 1. The van der Waals surface area contributed by atoms with Crippen LogP contribution in [0.1, 0.15) is 38.1 Å². The van der Waals surface area contributed by atoms with Crippen LogP contribution in [0.25, 0.3) is 0 Å². The fourth-order valence-electron chi connectivity index (χ4n) is 2.29. The number of esters is 1. The van der Waals surface area contributed by atoms with Gasteiger partial charge in [-0.1, -0.05) is 6.92 Å². The van der Waals surface area contributed by atoms with Crippen molar-refractivity contribution >= 4 is 34.2 Å². The van der Waals surface area contributed by atoms with Gasteiger partial charge < -0.3 is 15.2 Å². The number of aryl methyl sites for hydroxylation is 1. The lowest BCUT2D eigenvalue weighted by Gasteiger charge is -2.06. The highest BCUT2D eigenvalue weighted by molar-refractivity contribution is 7.16. The van der Waals surface area contributed by atoms with Gasteiger partial charge in [-0.3, -0.25) is 14.3 Å². The van der Waals surface area contributed by atoms with Gasteiger partial charge in [0.15, 0.2) is 0 Å². The van der Waals surface area contributed by atoms with E-state index >= 15 is 0 Å². The van der Waals surface area contributed by atoms with Gasteiger partial charge in [-0.05, 0) is 18.9 Å². The molecule has 0 aliphatic heterocycles. The Morgan fingerprint density at radius 2 is 2.12 bits per heavy atom. The number of carboxylic acid groups (broad SMARTS) is 1. The van der Waals surface area contributed by atoms with Gasteiger partial charge in [-0.2, -0.15) is 5.10 Å². The smallest absolute Gasteiger partial charge is 0.341 e. The molecular weight excluding hydrogens is 334 g/mol. The van der Waals surface area contributed by atoms with E-state index in [0.29, 0.717) is 17.0 Å². The van der Waals surface area contributed by atoms with E-state index in [-0.39, 0.29) is 12.1 Å². The molecule has 2 rings (SSSR count). The Kier molecular flexibility index (Phi) is 5.35. The molecule has 24 heavy (non-hydrogen) atoms. The molecule has 0 aromatic carbocycles. The summed E-state index contributed by atoms with van der Waals surface area (Å²) in [5, 5.41) is 15.6. The maximum absolute atomic E-state index is 12.3. The Morgan fingerprint density at radius 3 is 2.71 bits per heavy atom. The first-order valence-electron chi connectivity index (χ1n) is 7.13. The summed E-state index contributed by atoms with van der Waals surface area (Å²) in [6.45, 7) is 3.46. The van der Waals surface area contributed by atoms with Gasteiger partial charge in [0.1, 0.15) is 11.5 Å². The highest BCUT2D eigenvalue weighted by Gasteiger charge is 2.23. The van der Waals surface area contributed by atoms with Crippen molar-refractivity contribution in [3.8, 4) is 0 Å². The second-order valence-electron chi connectivity index (χ2n) is 4.96. The highest BCUT2D eigenvalue weighted by Crippen LogP contribution is 2.34. The monoisotopic (exact) mass is 351 g/mol. The van der Waals surface area contributed by atoms with Crippen molar-refractivity contribution in [2.75, 3.05) is 12.4 Å². The van der Waals surface area contributed by atoms with E-state index in [1.165, 1.54) is 30.8 Å². The quantitative estimate of drug-likeness (QED) is 0.770. The van der Waals surface area contributed by atoms with Crippen molar-refractivity contribution in [3.63, 3.8) is 0 Å². The van der Waals surface area contributed by atoms with E-state index in [1.807, 2.05) is 13.8 Å². The summed E-state index contributed by atoms with van der Waals surface area (Å²) in [6.07, 6.45) is 3.25. The average Bonchev–Trinajstić information content (AvgIpc) is 3.10. The van der Waals surface area contributed by atoms with Crippen LogP contribution >= 0.6 is 11.3 Å². The number of aromatic nitrogens is 2. The summed E-state index contributed by atoms with van der Waals surface area (Å²) in [5.41, 5.74) is 1.40. The summed E-state index contributed by atoms with van der Waals surface area (Å²) in [4.78, 5) is 35.9. The molecule has 0 fully saturated rings. The molecule has 0 aliphatic carbocycles. The Hall–Kier alpha value is -2.68. The molecule has 0 saturated carbocycles. The minimum Gasteiger partial charge on any atom is -0.480 e. The zero-order valence-electron chi connectivity index (χ0n) is 13.5. The molecule has 0 radical (unpaired) electrons. The lowest BCUT2D eigenvalue weighted by atomic mass is 10.1. The zero-order valence-corrected chi connectivity index (χ0v) is 14.3. The number of carbonyl (C=O) groups excluding carboxylic acids is 2. The number of aliphatic carboxylic acids is 1. The van der Waals surface area contributed by atoms with Crippen LogP contribution < -0.4 is 5.32 Å². The first kappa shape index (κ1) is 17.7. The number of rotatable bonds is 6. The standard InChI is InChI=1S/C15H17N3O5S/c1-4-10-8(2)24-14(12(10)15(22)23-3)17-13(21)9-5-16-18(6-9)7-11(19)20/h5-6H,4,7H2,1-3H3,(H,17,21)(H,19,20). The number of ether oxygens (including phenoxy) is 1. The number of carboxylic acids is 1. The van der Waals surface area contributed by atoms with Gasteiger partial charge in [0.05, 0.1) is 24.4 Å². The molecule has 1 amide bonds. The van der Waals surface area contributed by atoms with Crippen molar-refractivity contribution < 1.29 is 24.2 Å². The predicted molar refractivity (Wildman–Crippen MR) is 87.6 cm³/mol. The normalized spacial score (nSPS) is 10.5. The fourth-order valence-corrected chi connectivity index (χ4v) is 3.42. The van der Waals surface area contributed by atoms with Gasteiger partial charge in [-0.25, -0.2) is 4.79 Å². The first-order chi connectivity index (χ1) is 11.4. The van der Waals surface area contributed by atoms with E-state index < -0.39 is 17.8 Å². The summed E-state index contributed by atoms with van der Waals surface area (Å²) >= 11 is 1.30. The Morgan fingerprint density at radius 1 is 1.42 bits per heavy atom. The molecule has 2 heterocycles. The first-order valence-corrected chi connectivity index (χ1v) is 7.95. The minimum absolute atomic E-state index is 0.205. The Bertz CT molecular complexity index is 793.